The van der Waals surface area contributed by atoms with Gasteiger partial charge >= 0.3 is 30.3 Å². The number of nitrogens with one attached hydrogen (secondary N) is 2. The molecule has 0 bridgehead atoms. The molecular formula is C29H33F6N5O7. The van der Waals surface area contributed by atoms with Crippen molar-refractivity contribution in [1.82, 2.24) is 9.80 Å². The van der Waals surface area contributed by atoms with Crippen molar-refractivity contribution in [2.75, 3.05) is 19.6 Å². The molecule has 0 saturated carbocycles. The Balaban J connectivity index is 0.000000459. The van der Waals surface area contributed by atoms with E-state index in [1.54, 1.807) is 24.3 Å². The second-order valence-electron chi connectivity index (χ2n) is 10.3. The average molecular weight is 678 g/mol. The predicted octanol–water partition coefficient (Wildman–Crippen LogP) is 4.40. The number of aliphatic carboxylic acids is 2. The summed E-state index contributed by atoms with van der Waals surface area (Å²) in [6.07, 6.45) is -7.43. The zero-order chi connectivity index (χ0) is 35.5. The van der Waals surface area contributed by atoms with Crippen molar-refractivity contribution in [3.05, 3.63) is 64.7 Å². The van der Waals surface area contributed by atoms with Crippen molar-refractivity contribution in [1.29, 1.82) is 10.8 Å². The monoisotopic (exact) mass is 677 g/mol. The largest absolute Gasteiger partial charge is 0.490 e. The van der Waals surface area contributed by atoms with Crippen LogP contribution in [0.4, 0.5) is 26.3 Å². The van der Waals surface area contributed by atoms with Gasteiger partial charge < -0.3 is 35.2 Å². The number of rotatable bonds is 5. The lowest BCUT2D eigenvalue weighted by atomic mass is 9.98. The molecule has 4 rings (SSSR count). The van der Waals surface area contributed by atoms with Gasteiger partial charge in [0.05, 0.1) is 11.4 Å². The summed E-state index contributed by atoms with van der Waals surface area (Å²) in [5.74, 6) is -4.47. The number of esters is 1. The molecule has 0 amide bonds. The number of halogens is 6. The smallest absolute Gasteiger partial charge is 0.490 e. The number of benzene rings is 2. The molecule has 258 valence electrons. The van der Waals surface area contributed by atoms with Gasteiger partial charge in [-0.05, 0) is 54.3 Å². The Bertz CT molecular complexity index is 1400. The molecule has 0 radical (unpaired) electrons. The molecule has 6 N–H and O–H groups in total. The number of fused-ring (bicyclic) bond motifs is 1. The minimum absolute atomic E-state index is 0.0804. The Kier molecular flexibility index (Phi) is 13.4. The highest BCUT2D eigenvalue weighted by Gasteiger charge is 2.39. The summed E-state index contributed by atoms with van der Waals surface area (Å²) in [6.45, 7) is 5.02. The number of hydrogen-bond donors (Lipinski definition) is 5. The van der Waals surface area contributed by atoms with Crippen molar-refractivity contribution in [3.8, 4) is 5.75 Å². The number of hydrogen-bond acceptors (Lipinski definition) is 7. The number of amidine groups is 1. The summed E-state index contributed by atoms with van der Waals surface area (Å²) in [6, 6.07) is 13.1. The SMILES string of the molecule is CC(=N)N1CCC(Oc2ccc(C(=O)OCc3ccc4c(c3)CN(C(=N)N)CC4)cc2)CC1.O=C(O)C(F)(F)F.O=C(O)C(F)(F)F. The molecule has 0 aliphatic carbocycles. The number of guanidine groups is 1. The summed E-state index contributed by atoms with van der Waals surface area (Å²) in [7, 11) is 0. The third kappa shape index (κ3) is 12.7. The van der Waals surface area contributed by atoms with Gasteiger partial charge in [-0.1, -0.05) is 18.2 Å². The van der Waals surface area contributed by atoms with Crippen molar-refractivity contribution in [2.24, 2.45) is 5.73 Å². The lowest BCUT2D eigenvalue weighted by molar-refractivity contribution is -0.193. The fourth-order valence-electron chi connectivity index (χ4n) is 4.31. The van der Waals surface area contributed by atoms with Gasteiger partial charge in [0.15, 0.2) is 5.96 Å². The summed E-state index contributed by atoms with van der Waals surface area (Å²) < 4.78 is 75.0. The van der Waals surface area contributed by atoms with E-state index in [4.69, 9.17) is 45.8 Å². The molecule has 1 saturated heterocycles. The van der Waals surface area contributed by atoms with Crippen LogP contribution < -0.4 is 10.5 Å². The van der Waals surface area contributed by atoms with Crippen LogP contribution in [0.3, 0.4) is 0 Å². The summed E-state index contributed by atoms with van der Waals surface area (Å²) in [5, 5.41) is 29.6. The summed E-state index contributed by atoms with van der Waals surface area (Å²) >= 11 is 0. The molecule has 2 aliphatic heterocycles. The maximum atomic E-state index is 12.5. The van der Waals surface area contributed by atoms with Gasteiger partial charge in [-0.25, -0.2) is 14.4 Å². The Labute approximate surface area is 264 Å². The summed E-state index contributed by atoms with van der Waals surface area (Å²) in [5.41, 5.74) is 9.39. The van der Waals surface area contributed by atoms with Gasteiger partial charge in [-0.3, -0.25) is 10.8 Å². The minimum Gasteiger partial charge on any atom is -0.490 e. The molecule has 0 unspecified atom stereocenters. The van der Waals surface area contributed by atoms with E-state index in [-0.39, 0.29) is 24.6 Å². The number of carbonyl (C=O) groups is 3. The van der Waals surface area contributed by atoms with Gasteiger partial charge in [0.25, 0.3) is 0 Å². The van der Waals surface area contributed by atoms with Crippen LogP contribution in [0.15, 0.2) is 42.5 Å². The molecule has 1 fully saturated rings. The van der Waals surface area contributed by atoms with E-state index in [1.807, 2.05) is 24.0 Å². The van der Waals surface area contributed by atoms with Crippen molar-refractivity contribution >= 4 is 29.7 Å². The second-order valence-corrected chi connectivity index (χ2v) is 10.3. The maximum absolute atomic E-state index is 12.5. The second kappa shape index (κ2) is 16.5. The molecular weight excluding hydrogens is 644 g/mol. The van der Waals surface area contributed by atoms with Gasteiger partial charge in [-0.15, -0.1) is 0 Å². The number of alkyl halides is 6. The van der Waals surface area contributed by atoms with Crippen LogP contribution in [0.1, 0.15) is 46.8 Å². The lowest BCUT2D eigenvalue weighted by Crippen LogP contribution is -2.40. The molecule has 12 nitrogen and oxygen atoms in total. The third-order valence-electron chi connectivity index (χ3n) is 6.79. The number of ether oxygens (including phenoxy) is 2. The van der Waals surface area contributed by atoms with Gasteiger partial charge in [0.1, 0.15) is 18.5 Å². The van der Waals surface area contributed by atoms with Crippen LogP contribution in [0.2, 0.25) is 0 Å². The van der Waals surface area contributed by atoms with E-state index in [1.165, 1.54) is 5.56 Å². The number of carbonyl (C=O) groups excluding carboxylic acids is 1. The van der Waals surface area contributed by atoms with Crippen molar-refractivity contribution in [3.63, 3.8) is 0 Å². The number of nitrogens with two attached hydrogens (primary N) is 1. The fourth-order valence-corrected chi connectivity index (χ4v) is 4.31. The first-order valence-electron chi connectivity index (χ1n) is 13.8. The Hall–Kier alpha value is -5.03. The fraction of sp³-hybridized carbons (Fsp3) is 0.414. The van der Waals surface area contributed by atoms with E-state index >= 15 is 0 Å². The van der Waals surface area contributed by atoms with E-state index < -0.39 is 24.3 Å². The van der Waals surface area contributed by atoms with Gasteiger partial charge in [0.2, 0.25) is 0 Å². The quantitative estimate of drug-likeness (QED) is 0.131. The third-order valence-corrected chi connectivity index (χ3v) is 6.79. The molecule has 2 aromatic carbocycles. The van der Waals surface area contributed by atoms with Crippen LogP contribution in [-0.2, 0) is 33.9 Å². The van der Waals surface area contributed by atoms with Crippen LogP contribution in [0, 0.1) is 10.8 Å². The highest BCUT2D eigenvalue weighted by Crippen LogP contribution is 2.22. The average Bonchev–Trinajstić information content (AvgIpc) is 2.99. The number of carboxylic acids is 2. The Morgan fingerprint density at radius 1 is 0.872 bits per heavy atom. The molecule has 2 aromatic rings. The number of likely N-dealkylation sites (tertiary alicyclic amines) is 1. The molecule has 2 heterocycles. The van der Waals surface area contributed by atoms with Gasteiger partial charge in [-0.2, -0.15) is 26.3 Å². The van der Waals surface area contributed by atoms with Crippen LogP contribution in [-0.4, -0.2) is 87.8 Å². The van der Waals surface area contributed by atoms with Crippen molar-refractivity contribution in [2.45, 2.75) is 57.8 Å². The molecule has 0 atom stereocenters. The first kappa shape index (κ1) is 38.2. The lowest BCUT2D eigenvalue weighted by Gasteiger charge is -2.32. The first-order valence-corrected chi connectivity index (χ1v) is 13.8. The predicted molar refractivity (Wildman–Crippen MR) is 154 cm³/mol. The van der Waals surface area contributed by atoms with E-state index in [0.29, 0.717) is 17.9 Å². The van der Waals surface area contributed by atoms with Gasteiger partial charge in [0, 0.05) is 39.0 Å². The summed E-state index contributed by atoms with van der Waals surface area (Å²) in [4.78, 5) is 34.2. The zero-order valence-electron chi connectivity index (χ0n) is 25.0. The van der Waals surface area contributed by atoms with Crippen molar-refractivity contribution < 1.29 is 60.4 Å². The van der Waals surface area contributed by atoms with E-state index in [0.717, 1.165) is 55.8 Å². The number of nitrogens with zero attached hydrogens (tertiary/aromatic N) is 2. The van der Waals surface area contributed by atoms with E-state index in [9.17, 15) is 31.1 Å². The highest BCUT2D eigenvalue weighted by atomic mass is 19.4. The molecule has 0 aromatic heterocycles. The normalized spacial score (nSPS) is 14.7. The molecule has 18 heteroatoms. The highest BCUT2D eigenvalue weighted by molar-refractivity contribution is 5.89. The molecule has 0 spiro atoms. The van der Waals surface area contributed by atoms with Crippen LogP contribution >= 0.6 is 0 Å². The maximum Gasteiger partial charge on any atom is 0.490 e. The minimum atomic E-state index is -5.08. The standard InChI is InChI=1S/C25H31N5O3.2C2HF3O2/c1-17(26)29-12-9-23(10-13-29)33-22-6-4-20(5-7-22)24(31)32-16-18-2-3-19-8-11-30(25(27)28)15-21(19)14-18;2*3-2(4,5)1(6)7/h2-7,14,23,26H,8-13,15-16H2,1H3,(H3,27,28);2*(H,6,7). The molecule has 47 heavy (non-hydrogen) atoms. The topological polar surface area (TPSA) is 190 Å². The number of piperidine rings is 1. The van der Waals surface area contributed by atoms with Crippen LogP contribution in [0.25, 0.3) is 0 Å². The molecule has 2 aliphatic rings. The zero-order valence-corrected chi connectivity index (χ0v) is 25.0. The first-order chi connectivity index (χ1) is 21.8. The Morgan fingerprint density at radius 2 is 1.40 bits per heavy atom. The van der Waals surface area contributed by atoms with Crippen LogP contribution in [0.5, 0.6) is 5.75 Å². The number of carboxylic acid groups (broad SMARTS) is 2. The Morgan fingerprint density at radius 3 is 1.87 bits per heavy atom. The van der Waals surface area contributed by atoms with E-state index in [2.05, 4.69) is 11.0 Å².